The molecule has 2 aliphatic rings. The maximum Gasteiger partial charge on any atom is 0.153 e. The molecule has 0 spiro atoms. The fraction of sp³-hybridized carbons (Fsp3) is 0.406. The van der Waals surface area contributed by atoms with Crippen molar-refractivity contribution in [2.45, 2.75) is 33.3 Å². The molecular weight excluding hydrogens is 514 g/mol. The van der Waals surface area contributed by atoms with E-state index in [0.29, 0.717) is 24.6 Å². The first kappa shape index (κ1) is 27.5. The van der Waals surface area contributed by atoms with E-state index >= 15 is 0 Å². The second-order valence-corrected chi connectivity index (χ2v) is 11.0. The molecule has 7 heteroatoms. The van der Waals surface area contributed by atoms with Crippen molar-refractivity contribution in [3.8, 4) is 28.4 Å². The number of hydrogen-bond acceptors (Lipinski definition) is 6. The zero-order valence-corrected chi connectivity index (χ0v) is 23.4. The number of likely N-dealkylation sites (tertiary alicyclic amines) is 1. The molecule has 0 aliphatic carbocycles. The Morgan fingerprint density at radius 1 is 1.03 bits per heavy atom. The lowest BCUT2D eigenvalue weighted by molar-refractivity contribution is 0.112. The Morgan fingerprint density at radius 2 is 1.79 bits per heavy atom. The number of piperidine rings is 1. The Bertz CT molecular complexity index is 1330. The number of carbonyl (C=O) groups excluding carboxylic acids is 1. The minimum atomic E-state index is -0.157. The molecule has 2 unspecified atom stereocenters. The number of hydrogen-bond donors (Lipinski definition) is 1. The molecule has 0 radical (unpaired) electrons. The molecule has 3 aromatic carbocycles. The van der Waals surface area contributed by atoms with E-state index in [9.17, 15) is 9.90 Å². The van der Waals surface area contributed by atoms with Gasteiger partial charge in [-0.2, -0.15) is 0 Å². The Morgan fingerprint density at radius 3 is 2.62 bits per heavy atom. The van der Waals surface area contributed by atoms with E-state index in [1.807, 2.05) is 24.3 Å². The number of nitrogens with zero attached hydrogens (tertiary/aromatic N) is 1. The van der Waals surface area contributed by atoms with Gasteiger partial charge < -0.3 is 24.2 Å². The third kappa shape index (κ3) is 6.24. The van der Waals surface area contributed by atoms with Crippen LogP contribution in [0.25, 0.3) is 11.1 Å². The lowest BCUT2D eigenvalue weighted by Crippen LogP contribution is -2.40. The maximum atomic E-state index is 11.0. The van der Waals surface area contributed by atoms with Gasteiger partial charge in [0.25, 0.3) is 0 Å². The fourth-order valence-electron chi connectivity index (χ4n) is 5.72. The van der Waals surface area contributed by atoms with Crippen molar-refractivity contribution in [1.29, 1.82) is 0 Å². The molecule has 2 atom stereocenters. The van der Waals surface area contributed by atoms with Crippen LogP contribution in [0.15, 0.2) is 48.5 Å². The zero-order chi connectivity index (χ0) is 27.4. The Kier molecular flexibility index (Phi) is 8.75. The normalized spacial score (nSPS) is 19.1. The topological polar surface area (TPSA) is 68.2 Å². The lowest BCUT2D eigenvalue weighted by atomic mass is 9.89. The van der Waals surface area contributed by atoms with Crippen molar-refractivity contribution < 1.29 is 24.1 Å². The predicted octanol–water partition coefficient (Wildman–Crippen LogP) is 6.46. The molecule has 39 heavy (non-hydrogen) atoms. The molecule has 0 aromatic heterocycles. The molecule has 0 bridgehead atoms. The number of rotatable bonds is 10. The SMILES string of the molecule is Cc1c(COc2cc(O)c(C=O)cc2Cl)cccc1-c1cccc(OCCCN2CCC3COCC3C2)c1C. The third-order valence-electron chi connectivity index (χ3n) is 8.13. The van der Waals surface area contributed by atoms with Gasteiger partial charge in [-0.25, -0.2) is 0 Å². The van der Waals surface area contributed by atoms with Crippen molar-refractivity contribution in [2.75, 3.05) is 39.5 Å². The lowest BCUT2D eigenvalue weighted by Gasteiger charge is -2.33. The van der Waals surface area contributed by atoms with Gasteiger partial charge in [0.05, 0.1) is 23.8 Å². The molecule has 5 rings (SSSR count). The Hall–Kier alpha value is -3.06. The van der Waals surface area contributed by atoms with Crippen LogP contribution in [0, 0.1) is 25.7 Å². The van der Waals surface area contributed by atoms with Crippen LogP contribution in [0.4, 0.5) is 0 Å². The molecule has 2 fully saturated rings. The highest BCUT2D eigenvalue weighted by molar-refractivity contribution is 6.32. The number of halogens is 1. The van der Waals surface area contributed by atoms with E-state index in [2.05, 4.69) is 30.9 Å². The molecular formula is C32H36ClNO5. The standard InChI is InChI=1S/C32H36ClNO5/c1-21-23(20-39-32-15-30(36)25(17-35)14-29(32)33)6-3-7-27(21)28-8-4-9-31(22(28)2)38-13-5-11-34-12-10-24-18-37-19-26(24)16-34/h3-4,6-9,14-15,17,24,26,36H,5,10-13,16,18-20H2,1-2H3. The van der Waals surface area contributed by atoms with Gasteiger partial charge in [0, 0.05) is 31.7 Å². The van der Waals surface area contributed by atoms with Gasteiger partial charge in [-0.1, -0.05) is 41.9 Å². The smallest absolute Gasteiger partial charge is 0.153 e. The highest BCUT2D eigenvalue weighted by Gasteiger charge is 2.33. The van der Waals surface area contributed by atoms with Gasteiger partial charge in [-0.05, 0) is 79.1 Å². The molecule has 0 amide bonds. The van der Waals surface area contributed by atoms with Crippen molar-refractivity contribution >= 4 is 17.9 Å². The van der Waals surface area contributed by atoms with Gasteiger partial charge in [-0.3, -0.25) is 4.79 Å². The summed E-state index contributed by atoms with van der Waals surface area (Å²) in [5, 5.41) is 10.3. The molecule has 3 aromatic rings. The predicted molar refractivity (Wildman–Crippen MR) is 153 cm³/mol. The Balaban J connectivity index is 1.21. The highest BCUT2D eigenvalue weighted by atomic mass is 35.5. The first-order valence-electron chi connectivity index (χ1n) is 13.7. The van der Waals surface area contributed by atoms with Crippen LogP contribution in [0.5, 0.6) is 17.2 Å². The molecule has 6 nitrogen and oxygen atoms in total. The molecule has 1 N–H and O–H groups in total. The summed E-state index contributed by atoms with van der Waals surface area (Å²) in [7, 11) is 0. The number of phenolic OH excluding ortho intramolecular Hbond substituents is 1. The summed E-state index contributed by atoms with van der Waals surface area (Å²) in [5.41, 5.74) is 5.59. The summed E-state index contributed by atoms with van der Waals surface area (Å²) in [6.45, 7) is 10.4. The van der Waals surface area contributed by atoms with Crippen LogP contribution in [0.2, 0.25) is 5.02 Å². The molecule has 2 heterocycles. The minimum Gasteiger partial charge on any atom is -0.507 e. The van der Waals surface area contributed by atoms with Gasteiger partial charge in [-0.15, -0.1) is 0 Å². The van der Waals surface area contributed by atoms with E-state index in [4.69, 9.17) is 25.8 Å². The van der Waals surface area contributed by atoms with Gasteiger partial charge >= 0.3 is 0 Å². The van der Waals surface area contributed by atoms with Crippen molar-refractivity contribution in [2.24, 2.45) is 11.8 Å². The summed E-state index contributed by atoms with van der Waals surface area (Å²) in [6.07, 6.45) is 2.81. The zero-order valence-electron chi connectivity index (χ0n) is 22.6. The fourth-order valence-corrected chi connectivity index (χ4v) is 5.95. The summed E-state index contributed by atoms with van der Waals surface area (Å²) in [4.78, 5) is 13.6. The minimum absolute atomic E-state index is 0.131. The molecule has 2 aliphatic heterocycles. The van der Waals surface area contributed by atoms with Crippen LogP contribution in [0.1, 0.15) is 39.9 Å². The van der Waals surface area contributed by atoms with Crippen LogP contribution in [0.3, 0.4) is 0 Å². The number of phenols is 1. The quantitative estimate of drug-likeness (QED) is 0.231. The van der Waals surface area contributed by atoms with E-state index in [-0.39, 0.29) is 22.9 Å². The first-order valence-corrected chi connectivity index (χ1v) is 14.0. The summed E-state index contributed by atoms with van der Waals surface area (Å²) >= 11 is 6.25. The van der Waals surface area contributed by atoms with E-state index in [0.717, 1.165) is 78.8 Å². The summed E-state index contributed by atoms with van der Waals surface area (Å²) in [6, 6.07) is 15.1. The molecule has 2 saturated heterocycles. The van der Waals surface area contributed by atoms with Crippen molar-refractivity contribution in [3.63, 3.8) is 0 Å². The van der Waals surface area contributed by atoms with Crippen LogP contribution >= 0.6 is 11.6 Å². The number of benzene rings is 3. The molecule has 206 valence electrons. The average molecular weight is 550 g/mol. The number of aromatic hydroxyl groups is 1. The first-order chi connectivity index (χ1) is 18.9. The van der Waals surface area contributed by atoms with E-state index in [1.54, 1.807) is 0 Å². The average Bonchev–Trinajstić information content (AvgIpc) is 3.41. The van der Waals surface area contributed by atoms with Crippen molar-refractivity contribution in [1.82, 2.24) is 4.90 Å². The Labute approximate surface area is 235 Å². The second-order valence-electron chi connectivity index (χ2n) is 10.6. The monoisotopic (exact) mass is 549 g/mol. The summed E-state index contributed by atoms with van der Waals surface area (Å²) in [5.74, 6) is 2.55. The van der Waals surface area contributed by atoms with Crippen LogP contribution in [-0.4, -0.2) is 55.7 Å². The second kappa shape index (κ2) is 12.4. The molecule has 0 saturated carbocycles. The summed E-state index contributed by atoms with van der Waals surface area (Å²) < 4.78 is 17.8. The van der Waals surface area contributed by atoms with E-state index in [1.165, 1.54) is 18.6 Å². The van der Waals surface area contributed by atoms with E-state index < -0.39 is 0 Å². The van der Waals surface area contributed by atoms with Gasteiger partial charge in [0.1, 0.15) is 23.9 Å². The van der Waals surface area contributed by atoms with Crippen LogP contribution < -0.4 is 9.47 Å². The number of ether oxygens (including phenoxy) is 3. The van der Waals surface area contributed by atoms with Gasteiger partial charge in [0.15, 0.2) is 6.29 Å². The number of aldehydes is 1. The maximum absolute atomic E-state index is 11.0. The largest absolute Gasteiger partial charge is 0.507 e. The third-order valence-corrected chi connectivity index (χ3v) is 8.42. The highest BCUT2D eigenvalue weighted by Crippen LogP contribution is 2.35. The number of fused-ring (bicyclic) bond motifs is 1. The number of carbonyl (C=O) groups is 1. The van der Waals surface area contributed by atoms with Gasteiger partial charge in [0.2, 0.25) is 0 Å². The van der Waals surface area contributed by atoms with Crippen molar-refractivity contribution in [3.05, 3.63) is 75.8 Å². The van der Waals surface area contributed by atoms with Crippen LogP contribution in [-0.2, 0) is 11.3 Å².